The van der Waals surface area contributed by atoms with Crippen molar-refractivity contribution < 1.29 is 19.0 Å². The molecule has 0 bridgehead atoms. The number of halogens is 1. The lowest BCUT2D eigenvalue weighted by atomic mass is 10.2. The summed E-state index contributed by atoms with van der Waals surface area (Å²) in [6.45, 7) is 0.0689. The van der Waals surface area contributed by atoms with Crippen molar-refractivity contribution in [2.75, 3.05) is 47.3 Å². The zero-order valence-corrected chi connectivity index (χ0v) is 19.5. The number of aliphatic imine (C=N–C) groups is 1. The fourth-order valence-corrected chi connectivity index (χ4v) is 2.96. The number of nitrogens with one attached hydrogen (secondary N) is 2. The molecule has 28 heavy (non-hydrogen) atoms. The highest BCUT2D eigenvalue weighted by Crippen LogP contribution is 2.39. The van der Waals surface area contributed by atoms with E-state index in [1.807, 2.05) is 0 Å². The standard InChI is InChI=1S/C19H30N4O4.HI/c1-23(2)17(24)12-20-19(21-13-8-6-7-9-13)22-14-10-15(25-3)18(27-5)16(11-14)26-4;/h10-11,13H,6-9,12H2,1-5H3,(H2,20,21,22);1H. The van der Waals surface area contributed by atoms with Crippen molar-refractivity contribution in [3.8, 4) is 17.2 Å². The zero-order chi connectivity index (χ0) is 19.8. The molecule has 0 unspecified atom stereocenters. The highest BCUT2D eigenvalue weighted by atomic mass is 127. The molecule has 2 rings (SSSR count). The first kappa shape index (κ1) is 24.1. The molecule has 2 N–H and O–H groups in total. The maximum atomic E-state index is 11.9. The van der Waals surface area contributed by atoms with Crippen LogP contribution in [-0.4, -0.2) is 64.8 Å². The fraction of sp³-hybridized carbons (Fsp3) is 0.579. The summed E-state index contributed by atoms with van der Waals surface area (Å²) in [4.78, 5) is 17.9. The largest absolute Gasteiger partial charge is 0.493 e. The van der Waals surface area contributed by atoms with Gasteiger partial charge in [-0.25, -0.2) is 4.99 Å². The smallest absolute Gasteiger partial charge is 0.243 e. The molecule has 1 saturated carbocycles. The number of ether oxygens (including phenoxy) is 3. The average molecular weight is 506 g/mol. The van der Waals surface area contributed by atoms with E-state index in [4.69, 9.17) is 14.2 Å². The second-order valence-electron chi connectivity index (χ2n) is 6.62. The first-order chi connectivity index (χ1) is 13.0. The van der Waals surface area contributed by atoms with Crippen LogP contribution in [0.2, 0.25) is 0 Å². The molecular weight excluding hydrogens is 475 g/mol. The van der Waals surface area contributed by atoms with Crippen LogP contribution in [0.5, 0.6) is 17.2 Å². The number of guanidine groups is 1. The molecule has 1 amide bonds. The average Bonchev–Trinajstić information content (AvgIpc) is 3.17. The van der Waals surface area contributed by atoms with Crippen molar-refractivity contribution in [3.05, 3.63) is 12.1 Å². The van der Waals surface area contributed by atoms with Gasteiger partial charge in [-0.2, -0.15) is 0 Å². The Kier molecular flexibility index (Phi) is 10.2. The summed E-state index contributed by atoms with van der Waals surface area (Å²) in [5, 5.41) is 6.67. The Morgan fingerprint density at radius 3 is 2.14 bits per heavy atom. The summed E-state index contributed by atoms with van der Waals surface area (Å²) in [5.41, 5.74) is 0.728. The predicted octanol–water partition coefficient (Wildman–Crippen LogP) is 2.72. The number of likely N-dealkylation sites (N-methyl/N-ethyl adjacent to an activating group) is 1. The van der Waals surface area contributed by atoms with Gasteiger partial charge in [0.2, 0.25) is 11.7 Å². The minimum absolute atomic E-state index is 0. The number of methoxy groups -OCH3 is 3. The third-order valence-corrected chi connectivity index (χ3v) is 4.49. The maximum absolute atomic E-state index is 11.9. The van der Waals surface area contributed by atoms with Crippen LogP contribution in [0.15, 0.2) is 17.1 Å². The summed E-state index contributed by atoms with van der Waals surface area (Å²) in [6, 6.07) is 3.97. The predicted molar refractivity (Wildman–Crippen MR) is 122 cm³/mol. The number of carbonyl (C=O) groups excluding carboxylic acids is 1. The van der Waals surface area contributed by atoms with Gasteiger partial charge in [-0.3, -0.25) is 4.79 Å². The molecule has 1 aliphatic carbocycles. The number of anilines is 1. The second-order valence-corrected chi connectivity index (χ2v) is 6.62. The Morgan fingerprint density at radius 1 is 1.11 bits per heavy atom. The van der Waals surface area contributed by atoms with Gasteiger partial charge in [-0.05, 0) is 12.8 Å². The van der Waals surface area contributed by atoms with Crippen LogP contribution in [0.1, 0.15) is 25.7 Å². The monoisotopic (exact) mass is 506 g/mol. The number of hydrogen-bond acceptors (Lipinski definition) is 5. The summed E-state index contributed by atoms with van der Waals surface area (Å²) in [5.74, 6) is 2.11. The molecular formula is C19H31IN4O4. The summed E-state index contributed by atoms with van der Waals surface area (Å²) in [6.07, 6.45) is 4.59. The minimum Gasteiger partial charge on any atom is -0.493 e. The lowest BCUT2D eigenvalue weighted by molar-refractivity contribution is -0.127. The van der Waals surface area contributed by atoms with E-state index in [-0.39, 0.29) is 36.4 Å². The van der Waals surface area contributed by atoms with E-state index in [2.05, 4.69) is 15.6 Å². The molecule has 0 heterocycles. The Labute approximate surface area is 184 Å². The molecule has 0 atom stereocenters. The number of amides is 1. The Balaban J connectivity index is 0.00000392. The van der Waals surface area contributed by atoms with Crippen LogP contribution in [-0.2, 0) is 4.79 Å². The molecule has 1 fully saturated rings. The van der Waals surface area contributed by atoms with Crippen molar-refractivity contribution in [2.45, 2.75) is 31.7 Å². The van der Waals surface area contributed by atoms with Gasteiger partial charge in [-0.15, -0.1) is 24.0 Å². The third kappa shape index (κ3) is 6.61. The molecule has 0 saturated heterocycles. The zero-order valence-electron chi connectivity index (χ0n) is 17.2. The van der Waals surface area contributed by atoms with Crippen LogP contribution < -0.4 is 24.8 Å². The molecule has 0 aromatic heterocycles. The van der Waals surface area contributed by atoms with Gasteiger partial charge in [-0.1, -0.05) is 12.8 Å². The molecule has 9 heteroatoms. The highest BCUT2D eigenvalue weighted by Gasteiger charge is 2.18. The SMILES string of the molecule is COc1cc(NC(=NCC(=O)N(C)C)NC2CCCC2)cc(OC)c1OC.I. The molecule has 8 nitrogen and oxygen atoms in total. The van der Waals surface area contributed by atoms with Crippen molar-refractivity contribution in [1.29, 1.82) is 0 Å². The molecule has 1 aromatic carbocycles. The Hall–Kier alpha value is -1.91. The van der Waals surface area contributed by atoms with Crippen molar-refractivity contribution in [3.63, 3.8) is 0 Å². The lowest BCUT2D eigenvalue weighted by Crippen LogP contribution is -2.38. The van der Waals surface area contributed by atoms with Gasteiger partial charge >= 0.3 is 0 Å². The van der Waals surface area contributed by atoms with Gasteiger partial charge in [0.1, 0.15) is 6.54 Å². The first-order valence-electron chi connectivity index (χ1n) is 9.06. The van der Waals surface area contributed by atoms with E-state index < -0.39 is 0 Å². The molecule has 0 aliphatic heterocycles. The Bertz CT molecular complexity index is 651. The Morgan fingerprint density at radius 2 is 1.68 bits per heavy atom. The summed E-state index contributed by atoms with van der Waals surface area (Å²) < 4.78 is 16.2. The van der Waals surface area contributed by atoms with Gasteiger partial charge in [0.05, 0.1) is 21.3 Å². The van der Waals surface area contributed by atoms with Crippen LogP contribution in [0.25, 0.3) is 0 Å². The van der Waals surface area contributed by atoms with E-state index in [0.29, 0.717) is 29.2 Å². The van der Waals surface area contributed by atoms with Crippen molar-refractivity contribution in [1.82, 2.24) is 10.2 Å². The van der Waals surface area contributed by atoms with Crippen LogP contribution >= 0.6 is 24.0 Å². The number of benzene rings is 1. The number of nitrogens with zero attached hydrogens (tertiary/aromatic N) is 2. The van der Waals surface area contributed by atoms with Gasteiger partial charge < -0.3 is 29.7 Å². The van der Waals surface area contributed by atoms with Gasteiger partial charge in [0, 0.05) is 38.0 Å². The topological polar surface area (TPSA) is 84.4 Å². The molecule has 0 spiro atoms. The van der Waals surface area contributed by atoms with E-state index in [9.17, 15) is 4.79 Å². The van der Waals surface area contributed by atoms with Gasteiger partial charge in [0.15, 0.2) is 17.5 Å². The summed E-state index contributed by atoms with van der Waals surface area (Å²) >= 11 is 0. The first-order valence-corrected chi connectivity index (χ1v) is 9.06. The molecule has 1 aromatic rings. The maximum Gasteiger partial charge on any atom is 0.243 e. The number of carbonyl (C=O) groups is 1. The molecule has 158 valence electrons. The minimum atomic E-state index is -0.0626. The third-order valence-electron chi connectivity index (χ3n) is 4.49. The fourth-order valence-electron chi connectivity index (χ4n) is 2.96. The van der Waals surface area contributed by atoms with Crippen molar-refractivity contribution >= 4 is 41.5 Å². The molecule has 1 aliphatic rings. The number of rotatable bonds is 7. The summed E-state index contributed by atoms with van der Waals surface area (Å²) in [7, 11) is 8.14. The number of hydrogen-bond donors (Lipinski definition) is 2. The van der Waals surface area contributed by atoms with E-state index in [0.717, 1.165) is 18.5 Å². The van der Waals surface area contributed by atoms with Crippen LogP contribution in [0.3, 0.4) is 0 Å². The van der Waals surface area contributed by atoms with E-state index in [1.54, 1.807) is 47.6 Å². The van der Waals surface area contributed by atoms with Crippen LogP contribution in [0.4, 0.5) is 5.69 Å². The normalized spacial score (nSPS) is 14.1. The second kappa shape index (κ2) is 11.8. The van der Waals surface area contributed by atoms with E-state index in [1.165, 1.54) is 17.7 Å². The quantitative estimate of drug-likeness (QED) is 0.336. The van der Waals surface area contributed by atoms with Gasteiger partial charge in [0.25, 0.3) is 0 Å². The molecule has 0 radical (unpaired) electrons. The van der Waals surface area contributed by atoms with Crippen molar-refractivity contribution in [2.24, 2.45) is 4.99 Å². The van der Waals surface area contributed by atoms with Crippen LogP contribution in [0, 0.1) is 0 Å². The lowest BCUT2D eigenvalue weighted by Gasteiger charge is -2.19. The van der Waals surface area contributed by atoms with E-state index >= 15 is 0 Å². The highest BCUT2D eigenvalue weighted by molar-refractivity contribution is 14.0.